The van der Waals surface area contributed by atoms with Crippen LogP contribution in [-0.2, 0) is 0 Å². The van der Waals surface area contributed by atoms with Crippen molar-refractivity contribution in [3.05, 3.63) is 38.7 Å². The summed E-state index contributed by atoms with van der Waals surface area (Å²) >= 11 is 3.20. The summed E-state index contributed by atoms with van der Waals surface area (Å²) in [6, 6.07) is 1.39. The van der Waals surface area contributed by atoms with Gasteiger partial charge in [0.1, 0.15) is 5.69 Å². The molecule has 2 aromatic rings. The van der Waals surface area contributed by atoms with Gasteiger partial charge in [0.15, 0.2) is 5.82 Å². The molecule has 0 saturated heterocycles. The highest BCUT2D eigenvalue weighted by Gasteiger charge is 2.17. The van der Waals surface area contributed by atoms with E-state index in [1.807, 2.05) is 0 Å². The molecule has 2 aromatic heterocycles. The third-order valence-corrected chi connectivity index (χ3v) is 2.51. The number of pyridine rings is 1. The van der Waals surface area contributed by atoms with Gasteiger partial charge in [-0.1, -0.05) is 0 Å². The van der Waals surface area contributed by atoms with Crippen LogP contribution in [-0.4, -0.2) is 24.9 Å². The summed E-state index contributed by atoms with van der Waals surface area (Å²) in [6.07, 6.45) is 3.01. The van der Waals surface area contributed by atoms with Crippen molar-refractivity contribution in [3.8, 4) is 5.82 Å². The highest BCUT2D eigenvalue weighted by molar-refractivity contribution is 9.10. The van der Waals surface area contributed by atoms with Crippen LogP contribution in [0, 0.1) is 17.0 Å². The smallest absolute Gasteiger partial charge is 0.258 e. The van der Waals surface area contributed by atoms with Crippen molar-refractivity contribution < 1.29 is 4.92 Å². The van der Waals surface area contributed by atoms with E-state index in [1.54, 1.807) is 6.92 Å². The fourth-order valence-electron chi connectivity index (χ4n) is 1.21. The zero-order valence-corrected chi connectivity index (χ0v) is 9.75. The van der Waals surface area contributed by atoms with E-state index < -0.39 is 4.92 Å². The quantitative estimate of drug-likeness (QED) is 0.618. The largest absolute Gasteiger partial charge is 0.291 e. The molecule has 0 N–H and O–H groups in total. The van der Waals surface area contributed by atoms with Gasteiger partial charge in [0, 0.05) is 6.07 Å². The van der Waals surface area contributed by atoms with E-state index in [4.69, 9.17) is 0 Å². The fourth-order valence-corrected chi connectivity index (χ4v) is 1.67. The zero-order valence-electron chi connectivity index (χ0n) is 8.16. The first-order chi connectivity index (χ1) is 7.59. The Hall–Kier alpha value is -1.83. The Kier molecular flexibility index (Phi) is 2.65. The molecule has 0 amide bonds. The van der Waals surface area contributed by atoms with Crippen LogP contribution in [0.4, 0.5) is 5.69 Å². The number of halogens is 1. The first kappa shape index (κ1) is 10.7. The maximum absolute atomic E-state index is 10.7. The average molecular weight is 284 g/mol. The van der Waals surface area contributed by atoms with Crippen LogP contribution >= 0.6 is 15.9 Å². The normalized spacial score (nSPS) is 10.4. The Morgan fingerprint density at radius 2 is 2.06 bits per heavy atom. The molecule has 0 saturated carbocycles. The van der Waals surface area contributed by atoms with Gasteiger partial charge in [-0.05, 0) is 22.9 Å². The van der Waals surface area contributed by atoms with E-state index in [2.05, 4.69) is 31.1 Å². The molecule has 2 rings (SSSR count). The van der Waals surface area contributed by atoms with E-state index in [0.29, 0.717) is 16.0 Å². The molecular formula is C8H6BrN5O2. The number of rotatable bonds is 2. The predicted molar refractivity (Wildman–Crippen MR) is 58.2 cm³/mol. The molecule has 8 heteroatoms. The molecule has 0 bridgehead atoms. The Morgan fingerprint density at radius 3 is 2.62 bits per heavy atom. The summed E-state index contributed by atoms with van der Waals surface area (Å²) in [6.45, 7) is 1.57. The number of aryl methyl sites for hydroxylation is 1. The minimum Gasteiger partial charge on any atom is -0.258 e. The van der Waals surface area contributed by atoms with E-state index in [0.717, 1.165) is 0 Å². The van der Waals surface area contributed by atoms with Gasteiger partial charge in [0.2, 0.25) is 0 Å². The summed E-state index contributed by atoms with van der Waals surface area (Å²) in [5.41, 5.74) is 0.281. The molecule has 0 fully saturated rings. The van der Waals surface area contributed by atoms with Crippen molar-refractivity contribution in [2.75, 3.05) is 0 Å². The lowest BCUT2D eigenvalue weighted by Gasteiger charge is -2.03. The third kappa shape index (κ3) is 1.78. The number of hydrogen-bond donors (Lipinski definition) is 0. The number of aromatic nitrogens is 4. The van der Waals surface area contributed by atoms with Crippen LogP contribution < -0.4 is 0 Å². The molecule has 0 spiro atoms. The van der Waals surface area contributed by atoms with Crippen molar-refractivity contribution in [2.45, 2.75) is 6.92 Å². The third-order valence-electron chi connectivity index (χ3n) is 1.93. The number of nitro groups is 1. The first-order valence-electron chi connectivity index (χ1n) is 4.28. The Morgan fingerprint density at radius 1 is 1.44 bits per heavy atom. The average Bonchev–Trinajstić information content (AvgIpc) is 2.73. The Balaban J connectivity index is 2.59. The molecule has 0 aliphatic carbocycles. The lowest BCUT2D eigenvalue weighted by Crippen LogP contribution is -2.05. The number of hydrogen-bond acceptors (Lipinski definition) is 5. The summed E-state index contributed by atoms with van der Waals surface area (Å²) in [4.78, 5) is 15.6. The predicted octanol–water partition coefficient (Wildman–Crippen LogP) is 1.64. The number of nitrogens with zero attached hydrogens (tertiary/aromatic N) is 5. The SMILES string of the molecule is Cc1nc(-n2nccn2)c(Br)cc1[N+](=O)[O-]. The maximum Gasteiger partial charge on any atom is 0.291 e. The monoisotopic (exact) mass is 283 g/mol. The summed E-state index contributed by atoms with van der Waals surface area (Å²) < 4.78 is 0.473. The van der Waals surface area contributed by atoms with E-state index in [1.165, 1.54) is 23.3 Å². The van der Waals surface area contributed by atoms with E-state index in [9.17, 15) is 10.1 Å². The van der Waals surface area contributed by atoms with Crippen LogP contribution in [0.1, 0.15) is 5.69 Å². The minimum absolute atomic E-state index is 0.0391. The lowest BCUT2D eigenvalue weighted by molar-refractivity contribution is -0.385. The molecule has 16 heavy (non-hydrogen) atoms. The highest BCUT2D eigenvalue weighted by atomic mass is 79.9. The van der Waals surface area contributed by atoms with Gasteiger partial charge in [-0.3, -0.25) is 10.1 Å². The van der Waals surface area contributed by atoms with Gasteiger partial charge in [-0.2, -0.15) is 10.2 Å². The van der Waals surface area contributed by atoms with E-state index >= 15 is 0 Å². The molecule has 0 aliphatic rings. The van der Waals surface area contributed by atoms with Crippen molar-refractivity contribution >= 4 is 21.6 Å². The van der Waals surface area contributed by atoms with Crippen LogP contribution in [0.3, 0.4) is 0 Å². The summed E-state index contributed by atoms with van der Waals surface area (Å²) in [5, 5.41) is 18.5. The van der Waals surface area contributed by atoms with Gasteiger partial charge >= 0.3 is 0 Å². The van der Waals surface area contributed by atoms with Crippen molar-refractivity contribution in [3.63, 3.8) is 0 Å². The first-order valence-corrected chi connectivity index (χ1v) is 5.07. The molecule has 2 heterocycles. The molecule has 7 nitrogen and oxygen atoms in total. The van der Waals surface area contributed by atoms with Gasteiger partial charge in [-0.15, -0.1) is 4.80 Å². The molecule has 0 aliphatic heterocycles. The molecule has 0 atom stereocenters. The van der Waals surface area contributed by atoms with Gasteiger partial charge in [-0.25, -0.2) is 4.98 Å². The Labute approximate surface area is 98.4 Å². The summed E-state index contributed by atoms with van der Waals surface area (Å²) in [5.74, 6) is 0.424. The minimum atomic E-state index is -0.479. The van der Waals surface area contributed by atoms with Gasteiger partial charge in [0.25, 0.3) is 5.69 Å². The molecule has 82 valence electrons. The van der Waals surface area contributed by atoms with Gasteiger partial charge < -0.3 is 0 Å². The van der Waals surface area contributed by atoms with Crippen LogP contribution in [0.15, 0.2) is 22.9 Å². The van der Waals surface area contributed by atoms with Crippen LogP contribution in [0.2, 0.25) is 0 Å². The molecule has 0 aromatic carbocycles. The Bertz CT molecular complexity index is 540. The van der Waals surface area contributed by atoms with Crippen LogP contribution in [0.5, 0.6) is 0 Å². The van der Waals surface area contributed by atoms with Crippen molar-refractivity contribution in [1.82, 2.24) is 20.0 Å². The highest BCUT2D eigenvalue weighted by Crippen LogP contribution is 2.25. The second-order valence-electron chi connectivity index (χ2n) is 2.97. The van der Waals surface area contributed by atoms with Crippen molar-refractivity contribution in [1.29, 1.82) is 0 Å². The molecular weight excluding hydrogens is 278 g/mol. The molecule has 0 unspecified atom stereocenters. The molecule has 0 radical (unpaired) electrons. The topological polar surface area (TPSA) is 86.7 Å². The maximum atomic E-state index is 10.7. The standard InChI is InChI=1S/C8H6BrN5O2/c1-5-7(14(15)16)4-6(9)8(12-5)13-10-2-3-11-13/h2-4H,1H3. The fraction of sp³-hybridized carbons (Fsp3) is 0.125. The van der Waals surface area contributed by atoms with Crippen LogP contribution in [0.25, 0.3) is 5.82 Å². The second kappa shape index (κ2) is 3.97. The van der Waals surface area contributed by atoms with Gasteiger partial charge in [0.05, 0.1) is 21.8 Å². The summed E-state index contributed by atoms with van der Waals surface area (Å²) in [7, 11) is 0. The zero-order chi connectivity index (χ0) is 11.7. The lowest BCUT2D eigenvalue weighted by atomic mass is 10.3. The van der Waals surface area contributed by atoms with E-state index in [-0.39, 0.29) is 5.69 Å². The van der Waals surface area contributed by atoms with Crippen molar-refractivity contribution in [2.24, 2.45) is 0 Å². The second-order valence-corrected chi connectivity index (χ2v) is 3.83.